The highest BCUT2D eigenvalue weighted by Gasteiger charge is 2.24. The number of aryl methyl sites for hydroxylation is 3. The molecule has 1 aromatic carbocycles. The maximum Gasteiger partial charge on any atom is 0.237 e. The van der Waals surface area contributed by atoms with Gasteiger partial charge in [-0.1, -0.05) is 23.4 Å². The van der Waals surface area contributed by atoms with Crippen LogP contribution in [-0.4, -0.2) is 26.2 Å². The average molecular weight is 434 g/mol. The summed E-state index contributed by atoms with van der Waals surface area (Å²) in [5.74, 6) is 0.492. The summed E-state index contributed by atoms with van der Waals surface area (Å²) in [7, 11) is 0. The van der Waals surface area contributed by atoms with Gasteiger partial charge < -0.3 is 10.4 Å². The van der Waals surface area contributed by atoms with Crippen molar-refractivity contribution in [3.63, 3.8) is 0 Å². The topological polar surface area (TPSA) is 75.1 Å². The van der Waals surface area contributed by atoms with Crippen LogP contribution in [0.25, 0.3) is 10.2 Å². The molecule has 0 saturated carbocycles. The molecule has 1 aliphatic carbocycles. The van der Waals surface area contributed by atoms with Crippen molar-refractivity contribution >= 4 is 56.5 Å². The second-order valence-electron chi connectivity index (χ2n) is 6.88. The first kappa shape index (κ1) is 19.5. The van der Waals surface area contributed by atoms with Crippen molar-refractivity contribution < 1.29 is 9.90 Å². The fourth-order valence-corrected chi connectivity index (χ4v) is 5.94. The van der Waals surface area contributed by atoms with Crippen LogP contribution in [0.5, 0.6) is 5.75 Å². The maximum absolute atomic E-state index is 12.7. The van der Waals surface area contributed by atoms with E-state index in [-0.39, 0.29) is 11.7 Å². The number of benzene rings is 1. The number of rotatable bonds is 4. The van der Waals surface area contributed by atoms with Gasteiger partial charge in [0.2, 0.25) is 5.91 Å². The maximum atomic E-state index is 12.7. The number of carbonyl (C=O) groups excluding carboxylic acids is 1. The minimum atomic E-state index is -0.393. The largest absolute Gasteiger partial charge is 0.506 e. The van der Waals surface area contributed by atoms with Gasteiger partial charge in [-0.2, -0.15) is 0 Å². The van der Waals surface area contributed by atoms with Gasteiger partial charge in [-0.05, 0) is 63.3 Å². The van der Waals surface area contributed by atoms with Crippen LogP contribution in [0.1, 0.15) is 36.0 Å². The fraction of sp³-hybridized carbons (Fsp3) is 0.350. The van der Waals surface area contributed by atoms with E-state index in [1.807, 2.05) is 13.8 Å². The van der Waals surface area contributed by atoms with Gasteiger partial charge in [-0.3, -0.25) is 4.79 Å². The molecular formula is C20H20ClN3O2S2. The van der Waals surface area contributed by atoms with E-state index in [2.05, 4.69) is 15.3 Å². The minimum Gasteiger partial charge on any atom is -0.506 e. The Morgan fingerprint density at radius 3 is 2.93 bits per heavy atom. The molecule has 0 spiro atoms. The summed E-state index contributed by atoms with van der Waals surface area (Å²) in [6.45, 7) is 3.72. The number of aromatic hydroxyl groups is 1. The molecular weight excluding hydrogens is 414 g/mol. The van der Waals surface area contributed by atoms with E-state index in [1.165, 1.54) is 47.2 Å². The Morgan fingerprint density at radius 1 is 1.32 bits per heavy atom. The standard InChI is InChI=1S/C20H20ClN3O2S2/c1-10(18(26)24-14-9-12(21)7-8-15(14)25)27-19-17-13-5-3-4-6-16(13)28-20(17)23-11(2)22-19/h7-10,25H,3-6H2,1-2H3,(H,24,26). The fourth-order valence-electron chi connectivity index (χ4n) is 3.37. The predicted octanol–water partition coefficient (Wildman–Crippen LogP) is 5.36. The number of hydrogen-bond acceptors (Lipinski definition) is 6. The molecule has 0 aliphatic heterocycles. The molecule has 0 saturated heterocycles. The summed E-state index contributed by atoms with van der Waals surface area (Å²) < 4.78 is 0. The third-order valence-corrected chi connectivity index (χ3v) is 7.27. The molecule has 1 aliphatic rings. The highest BCUT2D eigenvalue weighted by Crippen LogP contribution is 2.40. The van der Waals surface area contributed by atoms with E-state index in [9.17, 15) is 9.90 Å². The van der Waals surface area contributed by atoms with Crippen LogP contribution in [0.3, 0.4) is 0 Å². The zero-order valence-corrected chi connectivity index (χ0v) is 18.0. The van der Waals surface area contributed by atoms with Gasteiger partial charge in [0.25, 0.3) is 0 Å². The number of fused-ring (bicyclic) bond motifs is 3. The lowest BCUT2D eigenvalue weighted by molar-refractivity contribution is -0.115. The number of thioether (sulfide) groups is 1. The third-order valence-electron chi connectivity index (χ3n) is 4.77. The van der Waals surface area contributed by atoms with Gasteiger partial charge >= 0.3 is 0 Å². The van der Waals surface area contributed by atoms with Crippen molar-refractivity contribution in [2.24, 2.45) is 0 Å². The molecule has 28 heavy (non-hydrogen) atoms. The molecule has 2 aromatic heterocycles. The summed E-state index contributed by atoms with van der Waals surface area (Å²) in [6.07, 6.45) is 4.55. The van der Waals surface area contributed by atoms with Gasteiger partial charge in [0.15, 0.2) is 0 Å². The predicted molar refractivity (Wildman–Crippen MR) is 116 cm³/mol. The number of halogens is 1. The van der Waals surface area contributed by atoms with E-state index in [0.717, 1.165) is 28.1 Å². The molecule has 0 radical (unpaired) electrons. The number of thiophene rings is 1. The molecule has 3 aromatic rings. The Balaban J connectivity index is 1.61. The van der Waals surface area contributed by atoms with E-state index in [4.69, 9.17) is 11.6 Å². The smallest absolute Gasteiger partial charge is 0.237 e. The van der Waals surface area contributed by atoms with Crippen LogP contribution in [0, 0.1) is 6.92 Å². The molecule has 5 nitrogen and oxygen atoms in total. The van der Waals surface area contributed by atoms with Crippen molar-refractivity contribution in [3.8, 4) is 5.75 Å². The highest BCUT2D eigenvalue weighted by molar-refractivity contribution is 8.00. The first-order chi connectivity index (χ1) is 13.4. The summed E-state index contributed by atoms with van der Waals surface area (Å²) in [5, 5.41) is 14.7. The number of aromatic nitrogens is 2. The Bertz CT molecular complexity index is 1070. The number of amides is 1. The third kappa shape index (κ3) is 3.83. The second kappa shape index (κ2) is 7.89. The molecule has 4 rings (SSSR count). The molecule has 0 fully saturated rings. The van der Waals surface area contributed by atoms with Crippen LogP contribution in [0.15, 0.2) is 23.2 Å². The summed E-state index contributed by atoms with van der Waals surface area (Å²) in [5.41, 5.74) is 1.66. The van der Waals surface area contributed by atoms with Gasteiger partial charge in [-0.25, -0.2) is 9.97 Å². The number of phenols is 1. The van der Waals surface area contributed by atoms with E-state index in [1.54, 1.807) is 17.4 Å². The lowest BCUT2D eigenvalue weighted by Crippen LogP contribution is -2.22. The SMILES string of the molecule is Cc1nc(SC(C)C(=O)Nc2cc(Cl)ccc2O)c2c3c(sc2n1)CCCC3. The molecule has 1 unspecified atom stereocenters. The first-order valence-electron chi connectivity index (χ1n) is 9.17. The Kier molecular flexibility index (Phi) is 5.49. The number of phenolic OH excluding ortho intramolecular Hbond substituents is 1. The van der Waals surface area contributed by atoms with Crippen molar-refractivity contribution in [1.29, 1.82) is 0 Å². The zero-order chi connectivity index (χ0) is 19.8. The molecule has 0 bridgehead atoms. The number of carbonyl (C=O) groups is 1. The second-order valence-corrected chi connectivity index (χ2v) is 9.73. The molecule has 1 atom stereocenters. The minimum absolute atomic E-state index is 0.0119. The molecule has 8 heteroatoms. The van der Waals surface area contributed by atoms with Crippen LogP contribution < -0.4 is 5.32 Å². The van der Waals surface area contributed by atoms with Gasteiger partial charge in [0.05, 0.1) is 10.9 Å². The van der Waals surface area contributed by atoms with Gasteiger partial charge in [0.1, 0.15) is 21.4 Å². The summed E-state index contributed by atoms with van der Waals surface area (Å²) in [4.78, 5) is 24.4. The molecule has 1 amide bonds. The van der Waals surface area contributed by atoms with E-state index in [0.29, 0.717) is 16.5 Å². The summed E-state index contributed by atoms with van der Waals surface area (Å²) in [6, 6.07) is 4.57. The molecule has 146 valence electrons. The lowest BCUT2D eigenvalue weighted by atomic mass is 9.97. The Labute approximate surface area is 176 Å². The number of hydrogen-bond donors (Lipinski definition) is 2. The van der Waals surface area contributed by atoms with Gasteiger partial charge in [-0.15, -0.1) is 11.3 Å². The number of nitrogens with one attached hydrogen (secondary N) is 1. The van der Waals surface area contributed by atoms with Crippen molar-refractivity contribution in [1.82, 2.24) is 9.97 Å². The quantitative estimate of drug-likeness (QED) is 0.329. The average Bonchev–Trinajstić information content (AvgIpc) is 3.02. The van der Waals surface area contributed by atoms with Crippen molar-refractivity contribution in [2.75, 3.05) is 5.32 Å². The van der Waals surface area contributed by atoms with E-state index < -0.39 is 5.25 Å². The monoisotopic (exact) mass is 433 g/mol. The van der Waals surface area contributed by atoms with E-state index >= 15 is 0 Å². The molecule has 2 heterocycles. The van der Waals surface area contributed by atoms with Crippen molar-refractivity contribution in [2.45, 2.75) is 49.8 Å². The van der Waals surface area contributed by atoms with Crippen molar-refractivity contribution in [3.05, 3.63) is 39.5 Å². The van der Waals surface area contributed by atoms with Crippen LogP contribution in [0.2, 0.25) is 5.02 Å². The van der Waals surface area contributed by atoms with Crippen LogP contribution in [-0.2, 0) is 17.6 Å². The highest BCUT2D eigenvalue weighted by atomic mass is 35.5. The van der Waals surface area contributed by atoms with Crippen LogP contribution >= 0.6 is 34.7 Å². The van der Waals surface area contributed by atoms with Gasteiger partial charge in [0, 0.05) is 15.3 Å². The summed E-state index contributed by atoms with van der Waals surface area (Å²) >= 11 is 9.15. The molecule has 2 N–H and O–H groups in total. The Hall–Kier alpha value is -1.83. The normalized spacial score (nSPS) is 14.7. The number of anilines is 1. The Morgan fingerprint density at radius 2 is 2.11 bits per heavy atom. The lowest BCUT2D eigenvalue weighted by Gasteiger charge is -2.15. The first-order valence-corrected chi connectivity index (χ1v) is 11.2. The zero-order valence-electron chi connectivity index (χ0n) is 15.6. The number of nitrogens with zero attached hydrogens (tertiary/aromatic N) is 2. The van der Waals surface area contributed by atoms with Crippen LogP contribution in [0.4, 0.5) is 5.69 Å².